The maximum absolute atomic E-state index is 12.9. The zero-order chi connectivity index (χ0) is 17.6. The summed E-state index contributed by atoms with van der Waals surface area (Å²) in [7, 11) is 0. The van der Waals surface area contributed by atoms with Crippen LogP contribution in [0.15, 0.2) is 23.1 Å². The van der Waals surface area contributed by atoms with Gasteiger partial charge in [0.25, 0.3) is 11.5 Å². The summed E-state index contributed by atoms with van der Waals surface area (Å²) >= 11 is 0. The molecule has 130 valence electrons. The maximum Gasteiger partial charge on any atom is 0.285 e. The lowest BCUT2D eigenvalue weighted by atomic mass is 10.2. The number of aromatic amines is 1. The molecule has 9 heteroatoms. The van der Waals surface area contributed by atoms with Gasteiger partial charge >= 0.3 is 0 Å². The van der Waals surface area contributed by atoms with E-state index in [0.29, 0.717) is 31.0 Å². The average Bonchev–Trinajstić information content (AvgIpc) is 3.11. The first-order chi connectivity index (χ1) is 12.1. The molecule has 0 unspecified atom stereocenters. The summed E-state index contributed by atoms with van der Waals surface area (Å²) in [5.41, 5.74) is 2.34. The number of nitrogens with zero attached hydrogens (tertiary/aromatic N) is 5. The number of nitrogens with one attached hydrogen (secondary N) is 1. The lowest BCUT2D eigenvalue weighted by molar-refractivity contribution is 0.0743. The summed E-state index contributed by atoms with van der Waals surface area (Å²) in [5, 5.41) is 16.4. The van der Waals surface area contributed by atoms with Gasteiger partial charge in [0.1, 0.15) is 5.56 Å². The predicted molar refractivity (Wildman–Crippen MR) is 88.1 cm³/mol. The van der Waals surface area contributed by atoms with E-state index in [1.165, 1.54) is 10.7 Å². The minimum atomic E-state index is -0.406. The van der Waals surface area contributed by atoms with E-state index in [4.69, 9.17) is 0 Å². The van der Waals surface area contributed by atoms with Gasteiger partial charge in [0, 0.05) is 31.0 Å². The fourth-order valence-corrected chi connectivity index (χ4v) is 3.17. The molecule has 0 fully saturated rings. The Bertz CT molecular complexity index is 1010. The van der Waals surface area contributed by atoms with Gasteiger partial charge in [-0.25, -0.2) is 9.50 Å². The van der Waals surface area contributed by atoms with Crippen LogP contribution in [0.3, 0.4) is 0 Å². The van der Waals surface area contributed by atoms with E-state index < -0.39 is 5.56 Å². The Morgan fingerprint density at radius 2 is 2.20 bits per heavy atom. The van der Waals surface area contributed by atoms with Gasteiger partial charge in [-0.1, -0.05) is 0 Å². The van der Waals surface area contributed by atoms with E-state index in [2.05, 4.69) is 15.2 Å². The van der Waals surface area contributed by atoms with Gasteiger partial charge in [0.05, 0.1) is 24.5 Å². The van der Waals surface area contributed by atoms with Crippen LogP contribution >= 0.6 is 0 Å². The standard InChI is InChI=1S/C16H18N6O3/c1-10-5-14-17-7-13(16(25)22(14)18-10)15(24)20-3-2-4-21-12(8-20)6-11(9-23)19-21/h5-7,18,23H,2-4,8-9H2,1H3. The first-order valence-corrected chi connectivity index (χ1v) is 8.10. The number of aliphatic hydroxyl groups excluding tert-OH is 1. The highest BCUT2D eigenvalue weighted by Crippen LogP contribution is 2.15. The number of carbonyl (C=O) groups is 1. The van der Waals surface area contributed by atoms with Gasteiger partial charge < -0.3 is 10.0 Å². The third-order valence-corrected chi connectivity index (χ3v) is 4.37. The third kappa shape index (κ3) is 2.62. The van der Waals surface area contributed by atoms with Crippen molar-refractivity contribution in [1.29, 1.82) is 0 Å². The van der Waals surface area contributed by atoms with Crippen molar-refractivity contribution in [2.24, 2.45) is 0 Å². The SMILES string of the molecule is Cc1cc2ncc(C(=O)N3CCCn4nc(CO)cc4C3)c(=O)n2[nH]1. The largest absolute Gasteiger partial charge is 0.390 e. The second kappa shape index (κ2) is 5.85. The van der Waals surface area contributed by atoms with Crippen molar-refractivity contribution in [3.63, 3.8) is 0 Å². The van der Waals surface area contributed by atoms with E-state index in [1.807, 2.05) is 11.6 Å². The van der Waals surface area contributed by atoms with Crippen LogP contribution in [0.25, 0.3) is 5.65 Å². The van der Waals surface area contributed by atoms with E-state index in [9.17, 15) is 14.7 Å². The predicted octanol–water partition coefficient (Wildman–Crippen LogP) is 0.0659. The molecule has 1 aliphatic heterocycles. The van der Waals surface area contributed by atoms with Crippen LogP contribution in [0.5, 0.6) is 0 Å². The average molecular weight is 342 g/mol. The molecule has 3 aromatic heterocycles. The molecule has 25 heavy (non-hydrogen) atoms. The molecule has 0 atom stereocenters. The maximum atomic E-state index is 12.9. The van der Waals surface area contributed by atoms with Gasteiger partial charge in [-0.05, 0) is 19.4 Å². The van der Waals surface area contributed by atoms with Crippen molar-refractivity contribution in [3.8, 4) is 0 Å². The summed E-state index contributed by atoms with van der Waals surface area (Å²) in [6.07, 6.45) is 2.07. The molecule has 4 rings (SSSR count). The fourth-order valence-electron chi connectivity index (χ4n) is 3.17. The number of amides is 1. The summed E-state index contributed by atoms with van der Waals surface area (Å²) in [6.45, 7) is 3.23. The molecule has 1 aliphatic rings. The Hall–Kier alpha value is -2.94. The third-order valence-electron chi connectivity index (χ3n) is 4.37. The molecule has 9 nitrogen and oxygen atoms in total. The first-order valence-electron chi connectivity index (χ1n) is 8.10. The van der Waals surface area contributed by atoms with Gasteiger partial charge in [0.2, 0.25) is 0 Å². The number of fused-ring (bicyclic) bond motifs is 2. The smallest absolute Gasteiger partial charge is 0.285 e. The van der Waals surface area contributed by atoms with E-state index in [1.54, 1.807) is 17.0 Å². The van der Waals surface area contributed by atoms with Crippen LogP contribution in [0.1, 0.15) is 33.9 Å². The molecule has 0 radical (unpaired) electrons. The molecular formula is C16H18N6O3. The molecule has 2 N–H and O–H groups in total. The van der Waals surface area contributed by atoms with Crippen molar-refractivity contribution in [1.82, 2.24) is 29.3 Å². The molecule has 3 aromatic rings. The van der Waals surface area contributed by atoms with Crippen LogP contribution < -0.4 is 5.56 Å². The quantitative estimate of drug-likeness (QED) is 0.685. The second-order valence-corrected chi connectivity index (χ2v) is 6.20. The molecule has 0 spiro atoms. The molecule has 0 aromatic carbocycles. The Morgan fingerprint density at radius 3 is 3.00 bits per heavy atom. The van der Waals surface area contributed by atoms with Gasteiger partial charge in [-0.3, -0.25) is 19.4 Å². The minimum Gasteiger partial charge on any atom is -0.390 e. The number of aryl methyl sites for hydroxylation is 2. The van der Waals surface area contributed by atoms with Crippen LogP contribution in [-0.4, -0.2) is 46.8 Å². The fraction of sp³-hybridized carbons (Fsp3) is 0.375. The van der Waals surface area contributed by atoms with Crippen molar-refractivity contribution in [2.75, 3.05) is 6.54 Å². The highest BCUT2D eigenvalue weighted by atomic mass is 16.3. The van der Waals surface area contributed by atoms with Gasteiger partial charge in [-0.15, -0.1) is 0 Å². The normalized spacial score (nSPS) is 14.6. The lowest BCUT2D eigenvalue weighted by Crippen LogP contribution is -2.35. The molecule has 0 saturated heterocycles. The minimum absolute atomic E-state index is 0.0368. The number of hydrogen-bond donors (Lipinski definition) is 2. The highest BCUT2D eigenvalue weighted by molar-refractivity contribution is 5.93. The first kappa shape index (κ1) is 15.6. The molecule has 0 aliphatic carbocycles. The number of rotatable bonds is 2. The summed E-state index contributed by atoms with van der Waals surface area (Å²) in [4.78, 5) is 31.3. The Labute approximate surface area is 142 Å². The Kier molecular flexibility index (Phi) is 3.65. The van der Waals surface area contributed by atoms with Crippen LogP contribution in [0.2, 0.25) is 0 Å². The Morgan fingerprint density at radius 1 is 1.36 bits per heavy atom. The number of hydrogen-bond acceptors (Lipinski definition) is 5. The van der Waals surface area contributed by atoms with Crippen molar-refractivity contribution < 1.29 is 9.90 Å². The van der Waals surface area contributed by atoms with Crippen molar-refractivity contribution in [2.45, 2.75) is 33.0 Å². The number of carbonyl (C=O) groups excluding carboxylic acids is 1. The number of aromatic nitrogens is 5. The zero-order valence-electron chi connectivity index (χ0n) is 13.8. The lowest BCUT2D eigenvalue weighted by Gasteiger charge is -2.19. The van der Waals surface area contributed by atoms with Crippen LogP contribution in [0.4, 0.5) is 0 Å². The van der Waals surface area contributed by atoms with Gasteiger partial charge in [0.15, 0.2) is 5.65 Å². The summed E-state index contributed by atoms with van der Waals surface area (Å²) in [5.74, 6) is -0.348. The molecule has 1 amide bonds. The summed E-state index contributed by atoms with van der Waals surface area (Å²) < 4.78 is 3.09. The molecular weight excluding hydrogens is 324 g/mol. The Balaban J connectivity index is 1.68. The molecule has 0 bridgehead atoms. The van der Waals surface area contributed by atoms with Crippen LogP contribution in [-0.2, 0) is 19.7 Å². The highest BCUT2D eigenvalue weighted by Gasteiger charge is 2.24. The second-order valence-electron chi connectivity index (χ2n) is 6.20. The monoisotopic (exact) mass is 342 g/mol. The molecule has 0 saturated carbocycles. The zero-order valence-corrected chi connectivity index (χ0v) is 13.8. The van der Waals surface area contributed by atoms with Gasteiger partial charge in [-0.2, -0.15) is 5.10 Å². The van der Waals surface area contributed by atoms with Crippen molar-refractivity contribution >= 4 is 11.6 Å². The van der Waals surface area contributed by atoms with Crippen LogP contribution in [0, 0.1) is 6.92 Å². The van der Waals surface area contributed by atoms with E-state index in [-0.39, 0.29) is 18.1 Å². The topological polar surface area (TPSA) is 109 Å². The number of aliphatic hydroxyl groups is 1. The van der Waals surface area contributed by atoms with E-state index in [0.717, 1.165) is 17.8 Å². The molecule has 4 heterocycles. The van der Waals surface area contributed by atoms with Crippen molar-refractivity contribution in [3.05, 3.63) is 51.3 Å². The van der Waals surface area contributed by atoms with E-state index >= 15 is 0 Å². The number of H-pyrrole nitrogens is 1. The summed E-state index contributed by atoms with van der Waals surface area (Å²) in [6, 6.07) is 3.53.